The van der Waals surface area contributed by atoms with Gasteiger partial charge in [0.1, 0.15) is 0 Å². The monoisotopic (exact) mass is 349 g/mol. The number of hydrogen-bond acceptors (Lipinski definition) is 3. The van der Waals surface area contributed by atoms with Crippen LogP contribution in [0, 0.1) is 0 Å². The molecule has 1 aromatic carbocycles. The van der Waals surface area contributed by atoms with Gasteiger partial charge < -0.3 is 10.6 Å². The molecule has 0 saturated carbocycles. The number of amides is 1. The van der Waals surface area contributed by atoms with E-state index in [-0.39, 0.29) is 5.91 Å². The first kappa shape index (κ1) is 16.8. The molecule has 2 rings (SSSR count). The third-order valence-corrected chi connectivity index (χ3v) is 4.76. The molecule has 0 atom stereocenters. The summed E-state index contributed by atoms with van der Waals surface area (Å²) in [7, 11) is 0. The largest absolute Gasteiger partial charge is 0.323 e. The molecule has 4 nitrogen and oxygen atoms in total. The van der Waals surface area contributed by atoms with Gasteiger partial charge in [0, 0.05) is 26.2 Å². The van der Waals surface area contributed by atoms with Crippen molar-refractivity contribution in [2.45, 2.75) is 19.4 Å². The Balaban J connectivity index is 2.15. The quantitative estimate of drug-likeness (QED) is 0.822. The topological polar surface area (TPSA) is 44.4 Å². The number of carbonyl (C=O) groups is 1. The number of halogens is 3. The van der Waals surface area contributed by atoms with Crippen molar-refractivity contribution in [3.8, 4) is 0 Å². The molecular weight excluding hydrogens is 333 g/mol. The highest BCUT2D eigenvalue weighted by Gasteiger charge is 2.35. The normalized spacial score (nSPS) is 16.8. The third-order valence-electron chi connectivity index (χ3n) is 3.72. The minimum absolute atomic E-state index is 0.121. The van der Waals surface area contributed by atoms with Crippen molar-refractivity contribution in [2.24, 2.45) is 0 Å². The molecule has 0 aliphatic carbocycles. The minimum Gasteiger partial charge on any atom is -0.323 e. The van der Waals surface area contributed by atoms with E-state index in [0.717, 1.165) is 26.2 Å². The van der Waals surface area contributed by atoms with Crippen molar-refractivity contribution in [3.05, 3.63) is 27.2 Å². The second kappa shape index (κ2) is 6.71. The van der Waals surface area contributed by atoms with E-state index < -0.39 is 5.54 Å². The number of anilines is 1. The van der Waals surface area contributed by atoms with Gasteiger partial charge in [-0.3, -0.25) is 9.69 Å². The fraction of sp³-hybridized carbons (Fsp3) is 0.500. The van der Waals surface area contributed by atoms with Crippen molar-refractivity contribution >= 4 is 46.4 Å². The van der Waals surface area contributed by atoms with Crippen LogP contribution in [-0.4, -0.2) is 42.5 Å². The first-order valence-corrected chi connectivity index (χ1v) is 7.87. The highest BCUT2D eigenvalue weighted by Crippen LogP contribution is 2.33. The number of nitrogens with one attached hydrogen (secondary N) is 2. The van der Waals surface area contributed by atoms with E-state index in [1.807, 2.05) is 13.8 Å². The Morgan fingerprint density at radius 3 is 2.33 bits per heavy atom. The summed E-state index contributed by atoms with van der Waals surface area (Å²) in [6.07, 6.45) is 0. The van der Waals surface area contributed by atoms with Crippen LogP contribution >= 0.6 is 34.8 Å². The first-order valence-electron chi connectivity index (χ1n) is 6.74. The van der Waals surface area contributed by atoms with Gasteiger partial charge >= 0.3 is 0 Å². The molecule has 1 amide bonds. The Labute approximate surface area is 139 Å². The summed E-state index contributed by atoms with van der Waals surface area (Å²) in [5.74, 6) is -0.121. The maximum absolute atomic E-state index is 12.6. The van der Waals surface area contributed by atoms with Gasteiger partial charge in [0.05, 0.1) is 26.3 Å². The van der Waals surface area contributed by atoms with Crippen LogP contribution in [0.4, 0.5) is 5.69 Å². The average molecular weight is 351 g/mol. The van der Waals surface area contributed by atoms with Crippen molar-refractivity contribution < 1.29 is 4.79 Å². The van der Waals surface area contributed by atoms with Crippen molar-refractivity contribution in [2.75, 3.05) is 31.5 Å². The van der Waals surface area contributed by atoms with Gasteiger partial charge in [-0.25, -0.2) is 0 Å². The lowest BCUT2D eigenvalue weighted by Crippen LogP contribution is -2.58. The van der Waals surface area contributed by atoms with Crippen LogP contribution in [0.15, 0.2) is 12.1 Å². The number of hydrogen-bond donors (Lipinski definition) is 2. The molecule has 1 aliphatic heterocycles. The second-order valence-electron chi connectivity index (χ2n) is 5.50. The molecule has 1 heterocycles. The lowest BCUT2D eigenvalue weighted by Gasteiger charge is -2.39. The number of piperazine rings is 1. The maximum atomic E-state index is 12.6. The number of nitrogens with zero attached hydrogens (tertiary/aromatic N) is 1. The van der Waals surface area contributed by atoms with E-state index >= 15 is 0 Å². The summed E-state index contributed by atoms with van der Waals surface area (Å²) < 4.78 is 0. The molecule has 0 radical (unpaired) electrons. The molecular formula is C14H18Cl3N3O. The zero-order valence-electron chi connectivity index (χ0n) is 12.0. The molecule has 2 N–H and O–H groups in total. The van der Waals surface area contributed by atoms with Crippen LogP contribution in [-0.2, 0) is 4.79 Å². The van der Waals surface area contributed by atoms with Gasteiger partial charge in [-0.05, 0) is 26.0 Å². The predicted molar refractivity (Wildman–Crippen MR) is 88.6 cm³/mol. The summed E-state index contributed by atoms with van der Waals surface area (Å²) >= 11 is 18.0. The fourth-order valence-electron chi connectivity index (χ4n) is 2.26. The van der Waals surface area contributed by atoms with Gasteiger partial charge in [0.2, 0.25) is 5.91 Å². The van der Waals surface area contributed by atoms with Crippen LogP contribution in [0.2, 0.25) is 15.1 Å². The summed E-state index contributed by atoms with van der Waals surface area (Å²) in [6.45, 7) is 7.22. The predicted octanol–water partition coefficient (Wildman–Crippen LogP) is 3.27. The number of benzene rings is 1. The van der Waals surface area contributed by atoms with Crippen LogP contribution in [0.5, 0.6) is 0 Å². The molecule has 1 saturated heterocycles. The van der Waals surface area contributed by atoms with Crippen LogP contribution in [0.25, 0.3) is 0 Å². The maximum Gasteiger partial charge on any atom is 0.244 e. The molecule has 7 heteroatoms. The Bertz CT molecular complexity index is 543. The molecule has 1 aromatic rings. The summed E-state index contributed by atoms with van der Waals surface area (Å²) in [6, 6.07) is 3.09. The van der Waals surface area contributed by atoms with Gasteiger partial charge in [-0.2, -0.15) is 0 Å². The van der Waals surface area contributed by atoms with Crippen LogP contribution in [0.3, 0.4) is 0 Å². The van der Waals surface area contributed by atoms with E-state index in [1.165, 1.54) is 6.07 Å². The third kappa shape index (κ3) is 3.82. The van der Waals surface area contributed by atoms with E-state index in [2.05, 4.69) is 15.5 Å². The van der Waals surface area contributed by atoms with E-state index in [0.29, 0.717) is 20.8 Å². The highest BCUT2D eigenvalue weighted by molar-refractivity contribution is 6.44. The minimum atomic E-state index is -0.627. The van der Waals surface area contributed by atoms with Crippen LogP contribution < -0.4 is 10.6 Å². The molecule has 0 bridgehead atoms. The van der Waals surface area contributed by atoms with Crippen molar-refractivity contribution in [3.63, 3.8) is 0 Å². The van der Waals surface area contributed by atoms with Gasteiger partial charge in [-0.15, -0.1) is 0 Å². The summed E-state index contributed by atoms with van der Waals surface area (Å²) in [4.78, 5) is 14.7. The van der Waals surface area contributed by atoms with Gasteiger partial charge in [-0.1, -0.05) is 34.8 Å². The molecule has 116 valence electrons. The van der Waals surface area contributed by atoms with Crippen LogP contribution in [0.1, 0.15) is 13.8 Å². The van der Waals surface area contributed by atoms with Crippen molar-refractivity contribution in [1.82, 2.24) is 10.2 Å². The molecule has 0 aromatic heterocycles. The second-order valence-corrected chi connectivity index (χ2v) is 6.72. The fourth-order valence-corrected chi connectivity index (χ4v) is 2.86. The van der Waals surface area contributed by atoms with E-state index in [4.69, 9.17) is 34.8 Å². The zero-order chi connectivity index (χ0) is 15.6. The number of carbonyl (C=O) groups excluding carboxylic acids is 1. The SMILES string of the molecule is CC(C)(C(=O)Nc1cc(Cl)c(Cl)cc1Cl)N1CCNCC1. The molecule has 0 unspecified atom stereocenters. The van der Waals surface area contributed by atoms with Crippen molar-refractivity contribution in [1.29, 1.82) is 0 Å². The Morgan fingerprint density at radius 2 is 1.71 bits per heavy atom. The Morgan fingerprint density at radius 1 is 1.14 bits per heavy atom. The molecule has 0 spiro atoms. The average Bonchev–Trinajstić information content (AvgIpc) is 2.45. The first-order chi connectivity index (χ1) is 9.82. The lowest BCUT2D eigenvalue weighted by molar-refractivity contribution is -0.126. The standard InChI is InChI=1S/C14H18Cl3N3O/c1-14(2,20-5-3-18-4-6-20)13(21)19-12-8-10(16)9(15)7-11(12)17/h7-8,18H,3-6H2,1-2H3,(H,19,21). The smallest absolute Gasteiger partial charge is 0.244 e. The Hall–Kier alpha value is -0.520. The van der Waals surface area contributed by atoms with E-state index in [1.54, 1.807) is 6.07 Å². The summed E-state index contributed by atoms with van der Waals surface area (Å²) in [5.41, 5.74) is -0.156. The molecule has 21 heavy (non-hydrogen) atoms. The summed E-state index contributed by atoms with van der Waals surface area (Å²) in [5, 5.41) is 7.20. The zero-order valence-corrected chi connectivity index (χ0v) is 14.2. The van der Waals surface area contributed by atoms with E-state index in [9.17, 15) is 4.79 Å². The van der Waals surface area contributed by atoms with Gasteiger partial charge in [0.25, 0.3) is 0 Å². The molecule has 1 aliphatic rings. The highest BCUT2D eigenvalue weighted by atomic mass is 35.5. The van der Waals surface area contributed by atoms with Gasteiger partial charge in [0.15, 0.2) is 0 Å². The Kier molecular flexibility index (Phi) is 5.38. The number of rotatable bonds is 3. The molecule has 1 fully saturated rings. The lowest BCUT2D eigenvalue weighted by atomic mass is 10.0.